The number of amides is 1. The molecule has 6 nitrogen and oxygen atoms in total. The number of carbonyl (C=O) groups is 1. The molecule has 1 heterocycles. The summed E-state index contributed by atoms with van der Waals surface area (Å²) in [7, 11) is 0. The maximum absolute atomic E-state index is 13.5. The fourth-order valence-electron chi connectivity index (χ4n) is 2.91. The summed E-state index contributed by atoms with van der Waals surface area (Å²) in [6, 6.07) is 12.6. The van der Waals surface area contributed by atoms with Gasteiger partial charge in [-0.15, -0.1) is 0 Å². The molecule has 1 amide bonds. The summed E-state index contributed by atoms with van der Waals surface area (Å²) in [4.78, 5) is 24.6. The molecule has 0 aliphatic carbocycles. The number of hydrogen-bond acceptors (Lipinski definition) is 4. The third kappa shape index (κ3) is 4.00. The first-order valence-electron chi connectivity index (χ1n) is 7.93. The highest BCUT2D eigenvalue weighted by Crippen LogP contribution is 2.23. The largest absolute Gasteiger partial charge is 0.374 e. The van der Waals surface area contributed by atoms with Crippen molar-refractivity contribution in [2.45, 2.75) is 12.5 Å². The number of hydrogen-bond donors (Lipinski definition) is 0. The van der Waals surface area contributed by atoms with Gasteiger partial charge in [0.05, 0.1) is 17.6 Å². The van der Waals surface area contributed by atoms with Crippen LogP contribution in [0.5, 0.6) is 0 Å². The van der Waals surface area contributed by atoms with Crippen LogP contribution in [0.25, 0.3) is 0 Å². The molecule has 1 atom stereocenters. The van der Waals surface area contributed by atoms with Crippen LogP contribution >= 0.6 is 0 Å². The quantitative estimate of drug-likeness (QED) is 0.631. The van der Waals surface area contributed by atoms with Gasteiger partial charge in [-0.1, -0.05) is 30.3 Å². The van der Waals surface area contributed by atoms with Crippen LogP contribution in [0.15, 0.2) is 48.5 Å². The predicted molar refractivity (Wildman–Crippen MR) is 88.8 cm³/mol. The molecule has 1 aliphatic heterocycles. The summed E-state index contributed by atoms with van der Waals surface area (Å²) < 4.78 is 19.2. The summed E-state index contributed by atoms with van der Waals surface area (Å²) in [5.74, 6) is -1.23. The number of rotatable bonds is 4. The second kappa shape index (κ2) is 7.40. The van der Waals surface area contributed by atoms with Crippen molar-refractivity contribution in [2.24, 2.45) is 0 Å². The zero-order chi connectivity index (χ0) is 17.8. The van der Waals surface area contributed by atoms with E-state index in [2.05, 4.69) is 0 Å². The highest BCUT2D eigenvalue weighted by atomic mass is 19.1. The van der Waals surface area contributed by atoms with E-state index in [1.807, 2.05) is 30.3 Å². The van der Waals surface area contributed by atoms with Crippen LogP contribution in [-0.4, -0.2) is 41.5 Å². The van der Waals surface area contributed by atoms with E-state index in [0.717, 1.165) is 23.8 Å². The SMILES string of the molecule is O=C(c1cc(F)ccc1[N+](=O)[O-])N1CCO[C@H](Cc2ccccc2)C1. The number of morpholine rings is 1. The van der Waals surface area contributed by atoms with E-state index in [1.54, 1.807) is 0 Å². The molecule has 0 spiro atoms. The Hall–Kier alpha value is -2.80. The zero-order valence-corrected chi connectivity index (χ0v) is 13.4. The van der Waals surface area contributed by atoms with Crippen LogP contribution in [0.1, 0.15) is 15.9 Å². The maximum atomic E-state index is 13.5. The number of nitrogens with zero attached hydrogens (tertiary/aromatic N) is 2. The van der Waals surface area contributed by atoms with Crippen LogP contribution < -0.4 is 0 Å². The van der Waals surface area contributed by atoms with Crippen LogP contribution in [0.2, 0.25) is 0 Å². The molecule has 0 unspecified atom stereocenters. The smallest absolute Gasteiger partial charge is 0.282 e. The minimum absolute atomic E-state index is 0.201. The van der Waals surface area contributed by atoms with Crippen LogP contribution in [0.3, 0.4) is 0 Å². The van der Waals surface area contributed by atoms with Gasteiger partial charge in [0.25, 0.3) is 11.6 Å². The molecule has 1 saturated heterocycles. The molecule has 7 heteroatoms. The van der Waals surface area contributed by atoms with Crippen LogP contribution in [-0.2, 0) is 11.2 Å². The lowest BCUT2D eigenvalue weighted by Crippen LogP contribution is -2.46. The van der Waals surface area contributed by atoms with E-state index in [-0.39, 0.29) is 11.7 Å². The summed E-state index contributed by atoms with van der Waals surface area (Å²) in [6.07, 6.45) is 0.434. The van der Waals surface area contributed by atoms with Gasteiger partial charge in [0.15, 0.2) is 0 Å². The number of nitro groups is 1. The average Bonchev–Trinajstić information content (AvgIpc) is 2.62. The second-order valence-electron chi connectivity index (χ2n) is 5.85. The molecule has 130 valence electrons. The van der Waals surface area contributed by atoms with Crippen molar-refractivity contribution in [3.8, 4) is 0 Å². The molecule has 0 radical (unpaired) electrons. The molecule has 0 N–H and O–H groups in total. The lowest BCUT2D eigenvalue weighted by molar-refractivity contribution is -0.385. The van der Waals surface area contributed by atoms with Gasteiger partial charge < -0.3 is 9.64 Å². The van der Waals surface area contributed by atoms with Crippen LogP contribution in [0, 0.1) is 15.9 Å². The highest BCUT2D eigenvalue weighted by molar-refractivity contribution is 5.98. The molecular formula is C18H17FN2O4. The van der Waals surface area contributed by atoms with Crippen molar-refractivity contribution in [1.29, 1.82) is 0 Å². The summed E-state index contributed by atoms with van der Waals surface area (Å²) in [5, 5.41) is 11.1. The molecule has 25 heavy (non-hydrogen) atoms. The Labute approximate surface area is 144 Å². The van der Waals surface area contributed by atoms with E-state index < -0.39 is 22.3 Å². The number of benzene rings is 2. The van der Waals surface area contributed by atoms with Gasteiger partial charge in [-0.3, -0.25) is 14.9 Å². The second-order valence-corrected chi connectivity index (χ2v) is 5.85. The predicted octanol–water partition coefficient (Wildman–Crippen LogP) is 2.82. The fourth-order valence-corrected chi connectivity index (χ4v) is 2.91. The molecular weight excluding hydrogens is 327 g/mol. The minimum atomic E-state index is -0.678. The van der Waals surface area contributed by atoms with Crippen molar-refractivity contribution >= 4 is 11.6 Å². The van der Waals surface area contributed by atoms with Crippen molar-refractivity contribution in [2.75, 3.05) is 19.7 Å². The van der Waals surface area contributed by atoms with E-state index >= 15 is 0 Å². The summed E-state index contributed by atoms with van der Waals surface area (Å²) in [6.45, 7) is 0.964. The first-order chi connectivity index (χ1) is 12.0. The Morgan fingerprint density at radius 2 is 2.04 bits per heavy atom. The lowest BCUT2D eigenvalue weighted by atomic mass is 10.1. The highest BCUT2D eigenvalue weighted by Gasteiger charge is 2.29. The normalized spacial score (nSPS) is 17.3. The molecule has 0 saturated carbocycles. The molecule has 1 aliphatic rings. The summed E-state index contributed by atoms with van der Waals surface area (Å²) >= 11 is 0. The minimum Gasteiger partial charge on any atom is -0.374 e. The topological polar surface area (TPSA) is 72.7 Å². The van der Waals surface area contributed by atoms with Crippen molar-refractivity contribution in [3.63, 3.8) is 0 Å². The Morgan fingerprint density at radius 3 is 2.76 bits per heavy atom. The van der Waals surface area contributed by atoms with Gasteiger partial charge in [0.2, 0.25) is 0 Å². The average molecular weight is 344 g/mol. The van der Waals surface area contributed by atoms with Gasteiger partial charge in [0.1, 0.15) is 11.4 Å². The molecule has 0 aromatic heterocycles. The molecule has 1 fully saturated rings. The van der Waals surface area contributed by atoms with E-state index in [0.29, 0.717) is 26.1 Å². The molecule has 2 aromatic carbocycles. The number of halogens is 1. The van der Waals surface area contributed by atoms with E-state index in [4.69, 9.17) is 4.74 Å². The Morgan fingerprint density at radius 1 is 1.28 bits per heavy atom. The van der Waals surface area contributed by atoms with E-state index in [9.17, 15) is 19.3 Å². The summed E-state index contributed by atoms with van der Waals surface area (Å²) in [5.41, 5.74) is 0.460. The molecule has 0 bridgehead atoms. The van der Waals surface area contributed by atoms with Gasteiger partial charge in [-0.2, -0.15) is 0 Å². The number of ether oxygens (including phenoxy) is 1. The third-order valence-corrected chi connectivity index (χ3v) is 4.12. The van der Waals surface area contributed by atoms with Crippen molar-refractivity contribution in [3.05, 3.63) is 75.6 Å². The monoisotopic (exact) mass is 344 g/mol. The Kier molecular flexibility index (Phi) is 5.04. The van der Waals surface area contributed by atoms with Crippen LogP contribution in [0.4, 0.5) is 10.1 Å². The standard InChI is InChI=1S/C18H17FN2O4/c19-14-6-7-17(21(23)24)16(11-14)18(22)20-8-9-25-15(12-20)10-13-4-2-1-3-5-13/h1-7,11,15H,8-10,12H2/t15-/m1/s1. The van der Waals surface area contributed by atoms with E-state index in [1.165, 1.54) is 4.90 Å². The Bertz CT molecular complexity index is 782. The number of nitro benzene ring substituents is 1. The fraction of sp³-hybridized carbons (Fsp3) is 0.278. The van der Waals surface area contributed by atoms with Gasteiger partial charge in [0, 0.05) is 25.6 Å². The first kappa shape index (κ1) is 17.0. The van der Waals surface area contributed by atoms with Gasteiger partial charge >= 0.3 is 0 Å². The molecule has 3 rings (SSSR count). The van der Waals surface area contributed by atoms with Crippen molar-refractivity contribution < 1.29 is 18.8 Å². The number of carbonyl (C=O) groups excluding carboxylic acids is 1. The Balaban J connectivity index is 1.76. The first-order valence-corrected chi connectivity index (χ1v) is 7.93. The van der Waals surface area contributed by atoms with Crippen molar-refractivity contribution in [1.82, 2.24) is 4.90 Å². The third-order valence-electron chi connectivity index (χ3n) is 4.12. The lowest BCUT2D eigenvalue weighted by Gasteiger charge is -2.33. The van der Waals surface area contributed by atoms with Gasteiger partial charge in [-0.25, -0.2) is 4.39 Å². The maximum Gasteiger partial charge on any atom is 0.282 e. The molecule has 2 aromatic rings. The zero-order valence-electron chi connectivity index (χ0n) is 13.4. The van der Waals surface area contributed by atoms with Gasteiger partial charge in [-0.05, 0) is 17.7 Å².